The Bertz CT molecular complexity index is 1180. The van der Waals surface area contributed by atoms with Crippen LogP contribution in [0, 0.1) is 13.8 Å². The molecule has 1 saturated heterocycles. The maximum absolute atomic E-state index is 12.8. The number of rotatable bonds is 8. The van der Waals surface area contributed by atoms with Gasteiger partial charge in [-0.1, -0.05) is 36.3 Å². The summed E-state index contributed by atoms with van der Waals surface area (Å²) in [5, 5.41) is 13.6. The number of hydrogen-bond donors (Lipinski definition) is 2. The van der Waals surface area contributed by atoms with E-state index in [-0.39, 0.29) is 12.3 Å². The van der Waals surface area contributed by atoms with Crippen LogP contribution in [0.25, 0.3) is 0 Å². The summed E-state index contributed by atoms with van der Waals surface area (Å²) in [6.07, 6.45) is 3.82. The summed E-state index contributed by atoms with van der Waals surface area (Å²) in [6, 6.07) is 6.44. The van der Waals surface area contributed by atoms with Gasteiger partial charge in [-0.3, -0.25) is 14.3 Å². The molecule has 1 unspecified atom stereocenters. The van der Waals surface area contributed by atoms with Gasteiger partial charge in [-0.15, -0.1) is 0 Å². The van der Waals surface area contributed by atoms with Crippen molar-refractivity contribution in [3.8, 4) is 0 Å². The molecule has 0 bridgehead atoms. The molecule has 0 aliphatic carbocycles. The van der Waals surface area contributed by atoms with Crippen LogP contribution in [0.5, 0.6) is 0 Å². The fourth-order valence-electron chi connectivity index (χ4n) is 3.78. The summed E-state index contributed by atoms with van der Waals surface area (Å²) in [4.78, 5) is 38.7. The van der Waals surface area contributed by atoms with E-state index in [4.69, 9.17) is 4.52 Å². The smallest absolute Gasteiger partial charge is 0.329 e. The van der Waals surface area contributed by atoms with Crippen molar-refractivity contribution < 1.29 is 18.9 Å². The van der Waals surface area contributed by atoms with E-state index in [1.54, 1.807) is 10.9 Å². The molecule has 1 atom stereocenters. The predicted octanol–water partition coefficient (Wildman–Crippen LogP) is 2.23. The highest BCUT2D eigenvalue weighted by molar-refractivity contribution is 6.21. The normalized spacial score (nSPS) is 15.7. The van der Waals surface area contributed by atoms with Crippen molar-refractivity contribution >= 4 is 23.5 Å². The van der Waals surface area contributed by atoms with E-state index in [1.807, 2.05) is 38.1 Å². The molecule has 0 spiro atoms. The Balaban J connectivity index is 1.36. The molecule has 1 aliphatic rings. The van der Waals surface area contributed by atoms with Crippen molar-refractivity contribution in [3.63, 3.8) is 0 Å². The van der Waals surface area contributed by atoms with E-state index in [2.05, 4.69) is 27.8 Å². The van der Waals surface area contributed by atoms with Gasteiger partial charge in [0.25, 0.3) is 5.91 Å². The van der Waals surface area contributed by atoms with Crippen LogP contribution in [0.4, 0.5) is 10.5 Å². The molecule has 4 amide bonds. The van der Waals surface area contributed by atoms with E-state index in [0.717, 1.165) is 28.1 Å². The van der Waals surface area contributed by atoms with Gasteiger partial charge in [-0.05, 0) is 31.4 Å². The number of benzene rings is 1. The van der Waals surface area contributed by atoms with Gasteiger partial charge in [0, 0.05) is 18.3 Å². The number of amides is 4. The van der Waals surface area contributed by atoms with E-state index in [0.29, 0.717) is 24.5 Å². The molecule has 2 aromatic heterocycles. The van der Waals surface area contributed by atoms with Crippen molar-refractivity contribution in [2.45, 2.75) is 52.7 Å². The zero-order valence-electron chi connectivity index (χ0n) is 18.8. The molecule has 0 saturated carbocycles. The van der Waals surface area contributed by atoms with Crippen LogP contribution in [-0.4, -0.2) is 38.8 Å². The number of imide groups is 1. The molecule has 33 heavy (non-hydrogen) atoms. The van der Waals surface area contributed by atoms with Crippen molar-refractivity contribution in [2.24, 2.45) is 0 Å². The lowest BCUT2D eigenvalue weighted by atomic mass is 10.1. The maximum Gasteiger partial charge on any atom is 0.329 e. The first kappa shape index (κ1) is 22.3. The van der Waals surface area contributed by atoms with E-state index in [9.17, 15) is 14.4 Å². The molecule has 4 rings (SSSR count). The summed E-state index contributed by atoms with van der Waals surface area (Å²) in [7, 11) is 0. The SMILES string of the molecule is CCc1cccc(CNC(=O)CC2NC(=O)N(c3cnn(Cc4c(C)noc4C)c3)C2=O)c1. The zero-order chi connectivity index (χ0) is 23.5. The fourth-order valence-corrected chi connectivity index (χ4v) is 3.78. The molecule has 2 N–H and O–H groups in total. The van der Waals surface area contributed by atoms with E-state index >= 15 is 0 Å². The van der Waals surface area contributed by atoms with Crippen LogP contribution in [-0.2, 0) is 29.1 Å². The number of nitrogens with zero attached hydrogens (tertiary/aromatic N) is 4. The Morgan fingerprint density at radius 2 is 2.03 bits per heavy atom. The van der Waals surface area contributed by atoms with Crippen LogP contribution in [0.2, 0.25) is 0 Å². The number of hydrogen-bond acceptors (Lipinski definition) is 6. The number of nitrogens with one attached hydrogen (secondary N) is 2. The summed E-state index contributed by atoms with van der Waals surface area (Å²) in [6.45, 7) is 6.48. The molecule has 0 radical (unpaired) electrons. The fraction of sp³-hybridized carbons (Fsp3) is 0.348. The first-order valence-electron chi connectivity index (χ1n) is 10.8. The van der Waals surface area contributed by atoms with Gasteiger partial charge < -0.3 is 15.2 Å². The van der Waals surface area contributed by atoms with Gasteiger partial charge >= 0.3 is 6.03 Å². The monoisotopic (exact) mass is 450 g/mol. The number of carbonyl (C=O) groups excluding carboxylic acids is 3. The van der Waals surface area contributed by atoms with Gasteiger partial charge in [0.05, 0.1) is 30.5 Å². The van der Waals surface area contributed by atoms with Gasteiger partial charge in [0.15, 0.2) is 0 Å². The van der Waals surface area contributed by atoms with Crippen LogP contribution < -0.4 is 15.5 Å². The quantitative estimate of drug-likeness (QED) is 0.508. The molecule has 3 aromatic rings. The number of aryl methyl sites for hydroxylation is 3. The van der Waals surface area contributed by atoms with Gasteiger partial charge in [0.1, 0.15) is 11.8 Å². The summed E-state index contributed by atoms with van der Waals surface area (Å²) >= 11 is 0. The second kappa shape index (κ2) is 9.27. The largest absolute Gasteiger partial charge is 0.361 e. The molecular weight excluding hydrogens is 424 g/mol. The molecule has 172 valence electrons. The predicted molar refractivity (Wildman–Crippen MR) is 119 cm³/mol. The van der Waals surface area contributed by atoms with Crippen LogP contribution in [0.15, 0.2) is 41.2 Å². The van der Waals surface area contributed by atoms with E-state index in [1.165, 1.54) is 11.8 Å². The third-order valence-corrected chi connectivity index (χ3v) is 5.68. The van der Waals surface area contributed by atoms with Crippen molar-refractivity contribution in [3.05, 3.63) is 64.8 Å². The second-order valence-corrected chi connectivity index (χ2v) is 8.03. The highest BCUT2D eigenvalue weighted by atomic mass is 16.5. The maximum atomic E-state index is 12.8. The summed E-state index contributed by atoms with van der Waals surface area (Å²) in [5.74, 6) is -0.112. The molecule has 1 fully saturated rings. The van der Waals surface area contributed by atoms with Gasteiger partial charge in [-0.2, -0.15) is 5.10 Å². The molecule has 1 aromatic carbocycles. The Morgan fingerprint density at radius 1 is 1.24 bits per heavy atom. The summed E-state index contributed by atoms with van der Waals surface area (Å²) in [5.41, 5.74) is 4.15. The second-order valence-electron chi connectivity index (χ2n) is 8.03. The number of carbonyl (C=O) groups is 3. The van der Waals surface area contributed by atoms with Crippen LogP contribution in [0.1, 0.15) is 41.5 Å². The highest BCUT2D eigenvalue weighted by Gasteiger charge is 2.40. The Hall–Kier alpha value is -3.95. The first-order valence-corrected chi connectivity index (χ1v) is 10.8. The van der Waals surface area contributed by atoms with E-state index < -0.39 is 18.0 Å². The average molecular weight is 450 g/mol. The third kappa shape index (κ3) is 4.79. The van der Waals surface area contributed by atoms with Gasteiger partial charge in [-0.25, -0.2) is 9.69 Å². The summed E-state index contributed by atoms with van der Waals surface area (Å²) < 4.78 is 6.77. The first-order chi connectivity index (χ1) is 15.9. The van der Waals surface area contributed by atoms with Crippen molar-refractivity contribution in [1.29, 1.82) is 0 Å². The lowest BCUT2D eigenvalue weighted by Crippen LogP contribution is -2.36. The minimum Gasteiger partial charge on any atom is -0.361 e. The minimum absolute atomic E-state index is 0.137. The Labute approximate surface area is 190 Å². The number of aromatic nitrogens is 3. The zero-order valence-corrected chi connectivity index (χ0v) is 18.8. The van der Waals surface area contributed by atoms with Crippen LogP contribution in [0.3, 0.4) is 0 Å². The molecule has 1 aliphatic heterocycles. The molecular formula is C23H26N6O4. The third-order valence-electron chi connectivity index (χ3n) is 5.68. The van der Waals surface area contributed by atoms with Crippen molar-refractivity contribution in [2.75, 3.05) is 4.90 Å². The topological polar surface area (TPSA) is 122 Å². The molecule has 10 nitrogen and oxygen atoms in total. The van der Waals surface area contributed by atoms with Crippen molar-refractivity contribution in [1.82, 2.24) is 25.6 Å². The lowest BCUT2D eigenvalue weighted by Gasteiger charge is -2.11. The number of urea groups is 1. The minimum atomic E-state index is -0.926. The van der Waals surface area contributed by atoms with Gasteiger partial charge in [0.2, 0.25) is 5.91 Å². The standard InChI is InChI=1S/C23H26N6O4/c1-4-16-6-5-7-17(8-16)10-24-21(30)9-20-22(31)29(23(32)26-20)18-11-25-28(12-18)13-19-14(2)27-33-15(19)3/h5-8,11-12,20H,4,9-10,13H2,1-3H3,(H,24,30)(H,26,32). The average Bonchev–Trinajstić information content (AvgIpc) is 3.46. The van der Waals surface area contributed by atoms with Crippen LogP contribution >= 0.6 is 0 Å². The lowest BCUT2D eigenvalue weighted by molar-refractivity contribution is -0.125. The molecule has 3 heterocycles. The number of anilines is 1. The Morgan fingerprint density at radius 3 is 2.76 bits per heavy atom. The Kier molecular flexibility index (Phi) is 6.25. The highest BCUT2D eigenvalue weighted by Crippen LogP contribution is 2.21. The molecule has 10 heteroatoms.